The number of amides is 2. The van der Waals surface area contributed by atoms with Gasteiger partial charge in [0, 0.05) is 19.8 Å². The molecule has 94 heavy (non-hydrogen) atoms. The van der Waals surface area contributed by atoms with Gasteiger partial charge in [0.05, 0.1) is 50.7 Å². The van der Waals surface area contributed by atoms with E-state index in [9.17, 15) is 75.7 Å². The Morgan fingerprint density at radius 1 is 0.553 bits per heavy atom. The number of hydrogen-bond donors (Lipinski definition) is 14. The number of nitrogens with one attached hydrogen (secondary N) is 2. The van der Waals surface area contributed by atoms with Crippen LogP contribution in [0.5, 0.6) is 0 Å². The lowest BCUT2D eigenvalue weighted by Crippen LogP contribution is -2.70. The van der Waals surface area contributed by atoms with Crippen molar-refractivity contribution in [3.63, 3.8) is 0 Å². The summed E-state index contributed by atoms with van der Waals surface area (Å²) in [5.41, 5.74) is 0. The number of rotatable bonds is 56. The van der Waals surface area contributed by atoms with Gasteiger partial charge in [0.2, 0.25) is 11.8 Å². The molecule has 18 unspecified atom stereocenters. The largest absolute Gasteiger partial charge is 0.477 e. The van der Waals surface area contributed by atoms with Crippen LogP contribution in [0.1, 0.15) is 271 Å². The highest BCUT2D eigenvalue weighted by Gasteiger charge is 2.60. The highest BCUT2D eigenvalue weighted by molar-refractivity contribution is 5.77. The second-order valence-corrected chi connectivity index (χ2v) is 26.8. The summed E-state index contributed by atoms with van der Waals surface area (Å²) in [6.07, 6.45) is 23.1. The van der Waals surface area contributed by atoms with E-state index in [1.54, 1.807) is 0 Å². The number of aliphatic carboxylic acids is 1. The number of carbonyl (C=O) groups is 3. The van der Waals surface area contributed by atoms with Gasteiger partial charge in [0.25, 0.3) is 5.79 Å². The highest BCUT2D eigenvalue weighted by atomic mass is 16.8. The van der Waals surface area contributed by atoms with Crippen molar-refractivity contribution in [2.45, 2.75) is 381 Å². The van der Waals surface area contributed by atoms with Crippen molar-refractivity contribution in [1.82, 2.24) is 10.6 Å². The zero-order valence-electron chi connectivity index (χ0n) is 57.6. The number of allylic oxidation sites excluding steroid dienone is 4. The second kappa shape index (κ2) is 51.4. The molecule has 23 nitrogen and oxygen atoms in total. The van der Waals surface area contributed by atoms with E-state index in [0.717, 1.165) is 71.1 Å². The molecule has 18 atom stereocenters. The lowest BCUT2D eigenvalue weighted by Gasteiger charge is -2.50. The number of aliphatic hydroxyl groups is 11. The minimum absolute atomic E-state index is 0.220. The summed E-state index contributed by atoms with van der Waals surface area (Å²) in [6, 6.07) is -2.53. The zero-order chi connectivity index (χ0) is 68.9. The Morgan fingerprint density at radius 3 is 1.49 bits per heavy atom. The van der Waals surface area contributed by atoms with Gasteiger partial charge < -0.3 is 100 Å². The van der Waals surface area contributed by atoms with Crippen molar-refractivity contribution < 1.29 is 104 Å². The Balaban J connectivity index is 1.57. The third-order valence-corrected chi connectivity index (χ3v) is 18.7. The summed E-state index contributed by atoms with van der Waals surface area (Å²) in [6.45, 7) is 2.20. The molecule has 0 aliphatic carbocycles. The van der Waals surface area contributed by atoms with Crippen LogP contribution in [0, 0.1) is 0 Å². The van der Waals surface area contributed by atoms with Gasteiger partial charge >= 0.3 is 5.97 Å². The molecular formula is C71H130N2O21. The molecule has 3 aliphatic heterocycles. The molecule has 0 aromatic carbocycles. The zero-order valence-corrected chi connectivity index (χ0v) is 57.6. The topological polar surface area (TPSA) is 373 Å². The number of carboxylic acids is 1. The predicted octanol–water partition coefficient (Wildman–Crippen LogP) is 7.62. The highest BCUT2D eigenvalue weighted by Crippen LogP contribution is 2.39. The third kappa shape index (κ3) is 32.9. The number of aliphatic hydroxyl groups excluding tert-OH is 11. The Labute approximate surface area is 562 Å². The van der Waals surface area contributed by atoms with Gasteiger partial charge in [0.1, 0.15) is 67.1 Å². The molecule has 0 radical (unpaired) electrons. The van der Waals surface area contributed by atoms with Gasteiger partial charge in [-0.3, -0.25) is 9.59 Å². The molecule has 0 bridgehead atoms. The minimum atomic E-state index is -3.08. The minimum Gasteiger partial charge on any atom is -0.477 e. The van der Waals surface area contributed by atoms with E-state index in [1.807, 2.05) is 0 Å². The van der Waals surface area contributed by atoms with Crippen LogP contribution in [0.2, 0.25) is 0 Å². The molecule has 3 heterocycles. The first kappa shape index (κ1) is 85.4. The number of ether oxygens (including phenoxy) is 6. The summed E-state index contributed by atoms with van der Waals surface area (Å²) in [5.74, 6) is -6.10. The summed E-state index contributed by atoms with van der Waals surface area (Å²) < 4.78 is 34.9. The molecule has 3 rings (SSSR count). The summed E-state index contributed by atoms with van der Waals surface area (Å²) in [7, 11) is 0. The van der Waals surface area contributed by atoms with E-state index in [2.05, 4.69) is 48.8 Å². The molecule has 0 spiro atoms. The van der Waals surface area contributed by atoms with Gasteiger partial charge in [-0.1, -0.05) is 237 Å². The van der Waals surface area contributed by atoms with Crippen molar-refractivity contribution in [2.75, 3.05) is 26.4 Å². The molecule has 0 saturated carbocycles. The average Bonchev–Trinajstić information content (AvgIpc) is 0.762. The molecule has 0 aromatic rings. The van der Waals surface area contributed by atoms with Crippen molar-refractivity contribution in [1.29, 1.82) is 0 Å². The molecule has 14 N–H and O–H groups in total. The van der Waals surface area contributed by atoms with Crippen LogP contribution in [0.15, 0.2) is 24.3 Å². The second-order valence-electron chi connectivity index (χ2n) is 26.8. The fraction of sp³-hybridized carbons (Fsp3) is 0.901. The lowest BCUT2D eigenvalue weighted by atomic mass is 9.88. The fourth-order valence-corrected chi connectivity index (χ4v) is 12.8. The van der Waals surface area contributed by atoms with Gasteiger partial charge in [-0.2, -0.15) is 0 Å². The third-order valence-electron chi connectivity index (χ3n) is 18.7. The summed E-state index contributed by atoms with van der Waals surface area (Å²) in [4.78, 5) is 38.6. The first-order valence-corrected chi connectivity index (χ1v) is 36.7. The van der Waals surface area contributed by atoms with Crippen LogP contribution in [0.3, 0.4) is 0 Å². The Morgan fingerprint density at radius 2 is 1.01 bits per heavy atom. The average molecular weight is 1350 g/mol. The smallest absolute Gasteiger partial charge is 0.364 e. The fourth-order valence-electron chi connectivity index (χ4n) is 12.8. The lowest BCUT2D eigenvalue weighted by molar-refractivity contribution is -0.386. The van der Waals surface area contributed by atoms with E-state index in [4.69, 9.17) is 28.4 Å². The number of carboxylic acid groups (broad SMARTS) is 1. The van der Waals surface area contributed by atoms with Crippen molar-refractivity contribution in [2.24, 2.45) is 0 Å². The van der Waals surface area contributed by atoms with Crippen LogP contribution >= 0.6 is 0 Å². The maximum absolute atomic E-state index is 13.5. The van der Waals surface area contributed by atoms with E-state index < -0.39 is 148 Å². The van der Waals surface area contributed by atoms with E-state index in [-0.39, 0.29) is 18.9 Å². The van der Waals surface area contributed by atoms with Crippen molar-refractivity contribution in [3.8, 4) is 0 Å². The van der Waals surface area contributed by atoms with Gasteiger partial charge in [0.15, 0.2) is 12.6 Å². The summed E-state index contributed by atoms with van der Waals surface area (Å²) in [5, 5.41) is 136. The van der Waals surface area contributed by atoms with Crippen LogP contribution in [-0.2, 0) is 42.8 Å². The molecule has 23 heteroatoms. The van der Waals surface area contributed by atoms with E-state index >= 15 is 0 Å². The maximum atomic E-state index is 13.5. The molecule has 550 valence electrons. The Bertz CT molecular complexity index is 1990. The van der Waals surface area contributed by atoms with Crippen LogP contribution in [0.25, 0.3) is 0 Å². The summed E-state index contributed by atoms with van der Waals surface area (Å²) >= 11 is 0. The van der Waals surface area contributed by atoms with Crippen LogP contribution in [0.4, 0.5) is 0 Å². The molecule has 3 saturated heterocycles. The maximum Gasteiger partial charge on any atom is 0.364 e. The standard InChI is InChI=1S/C71H130N2O21/c1-4-6-8-10-12-14-16-18-20-22-24-25-27-28-30-32-34-36-38-40-42-44-53(78)52(73-58(81)45-43-41-39-37-35-33-31-29-26-23-21-19-17-15-13-11-9-7-5-2)50-89-68-63(85)62(84)65(57(49-76)91-68)92-69-64(86)67(61(83)56(48-75)90-69)94-71(70(87)88)46-54(79)59(72-51(3)77)66(93-71)60(82)55(80)47-74/h13,15,17,19,52-57,59-69,74-76,78-80,82-86H,4-12,14,16,18,20-50H2,1-3H3,(H,72,77)(H,73,81)(H,87,88)/b15-13-,19-17-. The Hall–Kier alpha value is -2.79. The molecule has 3 fully saturated rings. The SMILES string of the molecule is CCCCC/C=C\C=C/CCCCCCCCCCCCC(=O)NC(COC1OC(CO)C(OC2OC(CO)C(O)C(OC3(C(=O)O)CC(O)C(NC(C)=O)C(C(O)C(O)CO)O3)C2O)C(O)C1O)C(O)CCCCCCCCCCCCCCCCCCCCCCC. The van der Waals surface area contributed by atoms with Crippen LogP contribution < -0.4 is 10.6 Å². The monoisotopic (exact) mass is 1350 g/mol. The van der Waals surface area contributed by atoms with Gasteiger partial charge in [-0.15, -0.1) is 0 Å². The Kier molecular flexibility index (Phi) is 46.7. The first-order chi connectivity index (χ1) is 45.4. The first-order valence-electron chi connectivity index (χ1n) is 36.7. The van der Waals surface area contributed by atoms with Gasteiger partial charge in [-0.05, 0) is 38.5 Å². The normalized spacial score (nSPS) is 28.0. The van der Waals surface area contributed by atoms with Crippen LogP contribution in [-0.4, -0.2) is 215 Å². The van der Waals surface area contributed by atoms with Crippen molar-refractivity contribution in [3.05, 3.63) is 24.3 Å². The van der Waals surface area contributed by atoms with Gasteiger partial charge in [-0.25, -0.2) is 4.79 Å². The molecule has 2 amide bonds. The van der Waals surface area contributed by atoms with E-state index in [0.29, 0.717) is 19.3 Å². The van der Waals surface area contributed by atoms with E-state index in [1.165, 1.54) is 154 Å². The number of carbonyl (C=O) groups excluding carboxylic acids is 2. The number of unbranched alkanes of at least 4 members (excludes halogenated alkanes) is 33. The molecule has 0 aromatic heterocycles. The molecule has 3 aliphatic rings. The quantitative estimate of drug-likeness (QED) is 0.0205. The number of hydrogen-bond acceptors (Lipinski definition) is 20. The van der Waals surface area contributed by atoms with Crippen molar-refractivity contribution >= 4 is 17.8 Å². The molecular weight excluding hydrogens is 1220 g/mol. The predicted molar refractivity (Wildman–Crippen MR) is 357 cm³/mol.